The van der Waals surface area contributed by atoms with Gasteiger partial charge in [0.2, 0.25) is 0 Å². The van der Waals surface area contributed by atoms with Gasteiger partial charge in [0.15, 0.2) is 0 Å². The molecule has 0 spiro atoms. The molecule has 1 saturated carbocycles. The van der Waals surface area contributed by atoms with Crippen LogP contribution in [-0.2, 0) is 4.74 Å². The molecule has 2 heteroatoms. The second-order valence-corrected chi connectivity index (χ2v) is 5.13. The van der Waals surface area contributed by atoms with Gasteiger partial charge in [-0.05, 0) is 45.4 Å². The van der Waals surface area contributed by atoms with Gasteiger partial charge in [0.05, 0.1) is 6.10 Å². The predicted molar refractivity (Wildman–Crippen MR) is 65.2 cm³/mol. The Morgan fingerprint density at radius 2 is 1.93 bits per heavy atom. The lowest BCUT2D eigenvalue weighted by Crippen LogP contribution is -2.49. The van der Waals surface area contributed by atoms with E-state index in [1.807, 2.05) is 7.11 Å². The minimum atomic E-state index is 0.320. The van der Waals surface area contributed by atoms with Gasteiger partial charge >= 0.3 is 0 Å². The topological polar surface area (TPSA) is 21.3 Å². The molecule has 0 aliphatic heterocycles. The lowest BCUT2D eigenvalue weighted by molar-refractivity contribution is 0.0525. The molecule has 90 valence electrons. The van der Waals surface area contributed by atoms with E-state index < -0.39 is 0 Å². The maximum atomic E-state index is 5.46. The zero-order chi connectivity index (χ0) is 11.3. The van der Waals surface area contributed by atoms with E-state index in [4.69, 9.17) is 4.74 Å². The summed E-state index contributed by atoms with van der Waals surface area (Å²) in [6.45, 7) is 6.88. The Morgan fingerprint density at radius 3 is 2.47 bits per heavy atom. The number of hydrogen-bond acceptors (Lipinski definition) is 2. The van der Waals surface area contributed by atoms with Crippen LogP contribution in [0.25, 0.3) is 0 Å². The van der Waals surface area contributed by atoms with Crippen LogP contribution >= 0.6 is 0 Å². The van der Waals surface area contributed by atoms with Gasteiger partial charge in [0, 0.05) is 18.7 Å². The normalized spacial score (nSPS) is 28.0. The Balaban J connectivity index is 2.43. The molecule has 2 atom stereocenters. The third-order valence-electron chi connectivity index (χ3n) is 4.07. The van der Waals surface area contributed by atoms with Gasteiger partial charge in [-0.2, -0.15) is 0 Å². The SMILES string of the molecule is CCC(C)(CC)NC1CCCC(OC)C1. The second kappa shape index (κ2) is 5.86. The Labute approximate surface area is 94.8 Å². The molecule has 0 radical (unpaired) electrons. The van der Waals surface area contributed by atoms with Crippen molar-refractivity contribution in [2.24, 2.45) is 0 Å². The molecule has 2 nitrogen and oxygen atoms in total. The van der Waals surface area contributed by atoms with E-state index in [0.29, 0.717) is 17.7 Å². The molecule has 1 fully saturated rings. The maximum absolute atomic E-state index is 5.46. The van der Waals surface area contributed by atoms with E-state index in [1.165, 1.54) is 38.5 Å². The fourth-order valence-electron chi connectivity index (χ4n) is 2.44. The number of hydrogen-bond donors (Lipinski definition) is 1. The van der Waals surface area contributed by atoms with Gasteiger partial charge in [-0.15, -0.1) is 0 Å². The van der Waals surface area contributed by atoms with E-state index in [2.05, 4.69) is 26.1 Å². The van der Waals surface area contributed by atoms with Crippen molar-refractivity contribution >= 4 is 0 Å². The van der Waals surface area contributed by atoms with Gasteiger partial charge in [-0.1, -0.05) is 13.8 Å². The van der Waals surface area contributed by atoms with Gasteiger partial charge < -0.3 is 10.1 Å². The molecule has 1 rings (SSSR count). The van der Waals surface area contributed by atoms with Crippen LogP contribution in [0.3, 0.4) is 0 Å². The summed E-state index contributed by atoms with van der Waals surface area (Å²) in [4.78, 5) is 0. The highest BCUT2D eigenvalue weighted by Gasteiger charge is 2.27. The van der Waals surface area contributed by atoms with Crippen molar-refractivity contribution in [3.05, 3.63) is 0 Å². The molecule has 2 unspecified atom stereocenters. The van der Waals surface area contributed by atoms with Gasteiger partial charge in [0.1, 0.15) is 0 Å². The van der Waals surface area contributed by atoms with Gasteiger partial charge in [-0.25, -0.2) is 0 Å². The molecular formula is C13H27NO. The first-order chi connectivity index (χ1) is 7.13. The minimum absolute atomic E-state index is 0.320. The van der Waals surface area contributed by atoms with Crippen LogP contribution in [0.2, 0.25) is 0 Å². The molecule has 0 aromatic carbocycles. The van der Waals surface area contributed by atoms with Crippen LogP contribution in [0.1, 0.15) is 59.3 Å². The fraction of sp³-hybridized carbons (Fsp3) is 1.00. The van der Waals surface area contributed by atoms with Crippen LogP contribution in [0.4, 0.5) is 0 Å². The summed E-state index contributed by atoms with van der Waals surface area (Å²) in [5, 5.41) is 3.82. The van der Waals surface area contributed by atoms with Gasteiger partial charge in [0.25, 0.3) is 0 Å². The summed E-state index contributed by atoms with van der Waals surface area (Å²) in [6, 6.07) is 0.661. The van der Waals surface area contributed by atoms with Crippen molar-refractivity contribution in [2.75, 3.05) is 7.11 Å². The number of ether oxygens (including phenoxy) is 1. The van der Waals surface area contributed by atoms with Crippen LogP contribution in [0.15, 0.2) is 0 Å². The largest absolute Gasteiger partial charge is 0.381 e. The molecular weight excluding hydrogens is 186 g/mol. The molecule has 0 heterocycles. The Bertz CT molecular complexity index is 177. The molecule has 0 amide bonds. The Morgan fingerprint density at radius 1 is 1.27 bits per heavy atom. The fourth-order valence-corrected chi connectivity index (χ4v) is 2.44. The summed E-state index contributed by atoms with van der Waals surface area (Å²) in [5.41, 5.74) is 0.320. The molecule has 0 bridgehead atoms. The predicted octanol–water partition coefficient (Wildman–Crippen LogP) is 3.11. The molecule has 1 aliphatic carbocycles. The van der Waals surface area contributed by atoms with Gasteiger partial charge in [-0.3, -0.25) is 0 Å². The van der Waals surface area contributed by atoms with Crippen molar-refractivity contribution in [1.82, 2.24) is 5.32 Å². The average molecular weight is 213 g/mol. The smallest absolute Gasteiger partial charge is 0.0586 e. The zero-order valence-corrected chi connectivity index (χ0v) is 10.8. The van der Waals surface area contributed by atoms with Crippen LogP contribution in [0.5, 0.6) is 0 Å². The average Bonchev–Trinajstić information content (AvgIpc) is 2.29. The maximum Gasteiger partial charge on any atom is 0.0586 e. The Kier molecular flexibility index (Phi) is 5.07. The standard InChI is InChI=1S/C13H27NO/c1-5-13(3,6-2)14-11-8-7-9-12(10-11)15-4/h11-12,14H,5-10H2,1-4H3. The number of rotatable bonds is 5. The lowest BCUT2D eigenvalue weighted by Gasteiger charge is -2.37. The summed E-state index contributed by atoms with van der Waals surface area (Å²) in [6.07, 6.45) is 7.94. The highest BCUT2D eigenvalue weighted by atomic mass is 16.5. The minimum Gasteiger partial charge on any atom is -0.381 e. The van der Waals surface area contributed by atoms with Crippen molar-refractivity contribution in [3.8, 4) is 0 Å². The van der Waals surface area contributed by atoms with E-state index >= 15 is 0 Å². The van der Waals surface area contributed by atoms with Crippen molar-refractivity contribution < 1.29 is 4.74 Å². The first-order valence-electron chi connectivity index (χ1n) is 6.44. The van der Waals surface area contributed by atoms with Crippen molar-refractivity contribution in [2.45, 2.75) is 77.0 Å². The van der Waals surface area contributed by atoms with Crippen LogP contribution < -0.4 is 5.32 Å². The van der Waals surface area contributed by atoms with E-state index in [9.17, 15) is 0 Å². The van der Waals surface area contributed by atoms with Crippen molar-refractivity contribution in [1.29, 1.82) is 0 Å². The molecule has 0 aromatic rings. The molecule has 0 aromatic heterocycles. The highest BCUT2D eigenvalue weighted by Crippen LogP contribution is 2.24. The molecule has 15 heavy (non-hydrogen) atoms. The highest BCUT2D eigenvalue weighted by molar-refractivity contribution is 4.87. The van der Waals surface area contributed by atoms with E-state index in [0.717, 1.165) is 0 Å². The molecule has 1 N–H and O–H groups in total. The number of nitrogens with one attached hydrogen (secondary N) is 1. The summed E-state index contributed by atoms with van der Waals surface area (Å²) >= 11 is 0. The summed E-state index contributed by atoms with van der Waals surface area (Å²) in [7, 11) is 1.84. The lowest BCUT2D eigenvalue weighted by atomic mass is 9.88. The van der Waals surface area contributed by atoms with Crippen LogP contribution in [-0.4, -0.2) is 24.8 Å². The second-order valence-electron chi connectivity index (χ2n) is 5.13. The molecule has 1 aliphatic rings. The Hall–Kier alpha value is -0.0800. The van der Waals surface area contributed by atoms with E-state index in [-0.39, 0.29) is 0 Å². The van der Waals surface area contributed by atoms with E-state index in [1.54, 1.807) is 0 Å². The monoisotopic (exact) mass is 213 g/mol. The first kappa shape index (κ1) is 13.0. The number of methoxy groups -OCH3 is 1. The third kappa shape index (κ3) is 3.76. The summed E-state index contributed by atoms with van der Waals surface area (Å²) in [5.74, 6) is 0. The first-order valence-corrected chi connectivity index (χ1v) is 6.44. The quantitative estimate of drug-likeness (QED) is 0.757. The zero-order valence-electron chi connectivity index (χ0n) is 10.8. The summed E-state index contributed by atoms with van der Waals surface area (Å²) < 4.78 is 5.46. The van der Waals surface area contributed by atoms with Crippen LogP contribution in [0, 0.1) is 0 Å². The van der Waals surface area contributed by atoms with Crippen molar-refractivity contribution in [3.63, 3.8) is 0 Å². The molecule has 0 saturated heterocycles. The third-order valence-corrected chi connectivity index (χ3v) is 4.07.